The first-order valence-corrected chi connectivity index (χ1v) is 5.81. The molecule has 0 aromatic heterocycles. The molecule has 12 heavy (non-hydrogen) atoms. The van der Waals surface area contributed by atoms with E-state index in [-0.39, 0.29) is 0 Å². The molecular formula is C11H21Cl. The average Bonchev–Trinajstić information content (AvgIpc) is 2.37. The zero-order chi connectivity index (χ0) is 8.97. The van der Waals surface area contributed by atoms with Gasteiger partial charge in [0.05, 0.1) is 0 Å². The second-order valence-corrected chi connectivity index (χ2v) is 4.90. The molecule has 1 fully saturated rings. The van der Waals surface area contributed by atoms with Crippen molar-refractivity contribution >= 4 is 11.6 Å². The molecule has 0 bridgehead atoms. The molecule has 3 atom stereocenters. The highest BCUT2D eigenvalue weighted by Gasteiger charge is 2.26. The Hall–Kier alpha value is 0.290. The maximum atomic E-state index is 6.22. The van der Waals surface area contributed by atoms with Crippen molar-refractivity contribution in [1.29, 1.82) is 0 Å². The van der Waals surface area contributed by atoms with E-state index in [1.54, 1.807) is 0 Å². The molecule has 0 amide bonds. The van der Waals surface area contributed by atoms with Crippen molar-refractivity contribution in [3.05, 3.63) is 0 Å². The van der Waals surface area contributed by atoms with E-state index in [0.717, 1.165) is 11.8 Å². The number of rotatable bonds is 4. The van der Waals surface area contributed by atoms with E-state index in [4.69, 9.17) is 11.6 Å². The summed E-state index contributed by atoms with van der Waals surface area (Å²) >= 11 is 6.22. The quantitative estimate of drug-likeness (QED) is 0.580. The molecule has 0 nitrogen and oxygen atoms in total. The predicted octanol–water partition coefficient (Wildman–Crippen LogP) is 4.22. The fourth-order valence-corrected chi connectivity index (χ4v) is 2.77. The fourth-order valence-electron chi connectivity index (χ4n) is 2.38. The van der Waals surface area contributed by atoms with E-state index in [1.165, 1.54) is 38.5 Å². The van der Waals surface area contributed by atoms with Gasteiger partial charge < -0.3 is 0 Å². The van der Waals surface area contributed by atoms with Crippen molar-refractivity contribution < 1.29 is 0 Å². The lowest BCUT2D eigenvalue weighted by Gasteiger charge is -2.18. The van der Waals surface area contributed by atoms with Crippen LogP contribution < -0.4 is 0 Å². The van der Waals surface area contributed by atoms with Crippen LogP contribution in [-0.4, -0.2) is 5.38 Å². The first-order valence-electron chi connectivity index (χ1n) is 5.38. The molecule has 0 aromatic rings. The molecule has 0 aromatic carbocycles. The Bertz CT molecular complexity index is 122. The van der Waals surface area contributed by atoms with E-state index >= 15 is 0 Å². The minimum atomic E-state index is 0.490. The molecule has 0 heterocycles. The van der Waals surface area contributed by atoms with Crippen molar-refractivity contribution in [3.63, 3.8) is 0 Å². The largest absolute Gasteiger partial charge is 0.123 e. The van der Waals surface area contributed by atoms with Gasteiger partial charge in [-0.3, -0.25) is 0 Å². The van der Waals surface area contributed by atoms with Crippen LogP contribution in [0.15, 0.2) is 0 Å². The van der Waals surface area contributed by atoms with Crippen molar-refractivity contribution in [3.8, 4) is 0 Å². The Kier molecular flexibility index (Phi) is 4.42. The van der Waals surface area contributed by atoms with E-state index < -0.39 is 0 Å². The lowest BCUT2D eigenvalue weighted by atomic mass is 9.91. The van der Waals surface area contributed by atoms with Gasteiger partial charge in [0.15, 0.2) is 0 Å². The van der Waals surface area contributed by atoms with Gasteiger partial charge in [0.25, 0.3) is 0 Å². The van der Waals surface area contributed by atoms with Crippen molar-refractivity contribution in [2.24, 2.45) is 11.8 Å². The molecule has 0 saturated heterocycles. The fraction of sp³-hybridized carbons (Fsp3) is 1.00. The summed E-state index contributed by atoms with van der Waals surface area (Å²) in [7, 11) is 0. The van der Waals surface area contributed by atoms with Gasteiger partial charge >= 0.3 is 0 Å². The predicted molar refractivity (Wildman–Crippen MR) is 55.7 cm³/mol. The Morgan fingerprint density at radius 3 is 2.67 bits per heavy atom. The highest BCUT2D eigenvalue weighted by molar-refractivity contribution is 6.20. The van der Waals surface area contributed by atoms with Gasteiger partial charge in [0, 0.05) is 5.38 Å². The van der Waals surface area contributed by atoms with Crippen LogP contribution in [0.2, 0.25) is 0 Å². The summed E-state index contributed by atoms with van der Waals surface area (Å²) in [5.74, 6) is 1.72. The molecule has 0 N–H and O–H groups in total. The molecule has 1 rings (SSSR count). The van der Waals surface area contributed by atoms with Crippen LogP contribution in [0.25, 0.3) is 0 Å². The zero-order valence-corrected chi connectivity index (χ0v) is 9.11. The second kappa shape index (κ2) is 5.11. The topological polar surface area (TPSA) is 0 Å². The van der Waals surface area contributed by atoms with E-state index in [2.05, 4.69) is 13.8 Å². The zero-order valence-electron chi connectivity index (χ0n) is 8.35. The van der Waals surface area contributed by atoms with Crippen LogP contribution >= 0.6 is 11.6 Å². The third kappa shape index (κ3) is 2.97. The maximum absolute atomic E-state index is 6.22. The van der Waals surface area contributed by atoms with Gasteiger partial charge in [-0.1, -0.05) is 33.1 Å². The molecule has 0 aliphatic heterocycles. The highest BCUT2D eigenvalue weighted by Crippen LogP contribution is 2.35. The molecule has 1 saturated carbocycles. The monoisotopic (exact) mass is 188 g/mol. The summed E-state index contributed by atoms with van der Waals surface area (Å²) in [6.45, 7) is 4.63. The lowest BCUT2D eigenvalue weighted by Crippen LogP contribution is -2.11. The van der Waals surface area contributed by atoms with Gasteiger partial charge in [-0.15, -0.1) is 11.6 Å². The van der Waals surface area contributed by atoms with Crippen LogP contribution in [0.3, 0.4) is 0 Å². The normalized spacial score (nSPS) is 32.2. The third-order valence-electron chi connectivity index (χ3n) is 3.05. The SMILES string of the molecule is CCCC(C)CC1CCCC1Cl. The number of alkyl halides is 1. The van der Waals surface area contributed by atoms with Gasteiger partial charge in [-0.05, 0) is 31.1 Å². The van der Waals surface area contributed by atoms with E-state index in [1.807, 2.05) is 0 Å². The molecule has 1 aliphatic rings. The second-order valence-electron chi connectivity index (χ2n) is 4.34. The molecule has 3 unspecified atom stereocenters. The Labute approximate surface area is 81.7 Å². The maximum Gasteiger partial charge on any atom is 0.0364 e. The summed E-state index contributed by atoms with van der Waals surface area (Å²) in [6.07, 6.45) is 8.05. The molecule has 0 radical (unpaired) electrons. The van der Waals surface area contributed by atoms with Gasteiger partial charge in [0.1, 0.15) is 0 Å². The van der Waals surface area contributed by atoms with Gasteiger partial charge in [-0.2, -0.15) is 0 Å². The molecule has 1 heteroatoms. The van der Waals surface area contributed by atoms with Crippen molar-refractivity contribution in [2.75, 3.05) is 0 Å². The van der Waals surface area contributed by atoms with E-state index in [9.17, 15) is 0 Å². The van der Waals surface area contributed by atoms with Crippen molar-refractivity contribution in [2.45, 2.75) is 57.7 Å². The molecule has 72 valence electrons. The summed E-state index contributed by atoms with van der Waals surface area (Å²) in [4.78, 5) is 0. The Balaban J connectivity index is 2.20. The summed E-state index contributed by atoms with van der Waals surface area (Å²) in [5, 5.41) is 0.490. The average molecular weight is 189 g/mol. The molecule has 0 spiro atoms. The smallest absolute Gasteiger partial charge is 0.0364 e. The van der Waals surface area contributed by atoms with Crippen LogP contribution in [0, 0.1) is 11.8 Å². The molecule has 1 aliphatic carbocycles. The molecular weight excluding hydrogens is 168 g/mol. The van der Waals surface area contributed by atoms with E-state index in [0.29, 0.717) is 5.38 Å². The minimum absolute atomic E-state index is 0.490. The first kappa shape index (κ1) is 10.4. The number of halogens is 1. The van der Waals surface area contributed by atoms with Crippen LogP contribution in [0.4, 0.5) is 0 Å². The number of hydrogen-bond donors (Lipinski definition) is 0. The van der Waals surface area contributed by atoms with Crippen molar-refractivity contribution in [1.82, 2.24) is 0 Å². The first-order chi connectivity index (χ1) is 5.74. The van der Waals surface area contributed by atoms with Crippen LogP contribution in [0.1, 0.15) is 52.4 Å². The summed E-state index contributed by atoms with van der Waals surface area (Å²) < 4.78 is 0. The van der Waals surface area contributed by atoms with Crippen LogP contribution in [-0.2, 0) is 0 Å². The van der Waals surface area contributed by atoms with Gasteiger partial charge in [0.2, 0.25) is 0 Å². The van der Waals surface area contributed by atoms with Gasteiger partial charge in [-0.25, -0.2) is 0 Å². The number of hydrogen-bond acceptors (Lipinski definition) is 0. The van der Waals surface area contributed by atoms with Crippen LogP contribution in [0.5, 0.6) is 0 Å². The Morgan fingerprint density at radius 1 is 1.42 bits per heavy atom. The third-order valence-corrected chi connectivity index (χ3v) is 3.63. The highest BCUT2D eigenvalue weighted by atomic mass is 35.5. The minimum Gasteiger partial charge on any atom is -0.123 e. The summed E-state index contributed by atoms with van der Waals surface area (Å²) in [5.41, 5.74) is 0. The summed E-state index contributed by atoms with van der Waals surface area (Å²) in [6, 6.07) is 0. The lowest BCUT2D eigenvalue weighted by molar-refractivity contribution is 0.380. The Morgan fingerprint density at radius 2 is 2.17 bits per heavy atom. The standard InChI is InChI=1S/C11H21Cl/c1-3-5-9(2)8-10-6-4-7-11(10)12/h9-11H,3-8H2,1-2H3.